The Hall–Kier alpha value is -2.59. The van der Waals surface area contributed by atoms with Crippen molar-refractivity contribution in [1.29, 1.82) is 0 Å². The molecule has 3 aliphatic rings. The molecule has 2 fully saturated rings. The van der Waals surface area contributed by atoms with Crippen LogP contribution < -0.4 is 21.3 Å². The molecule has 1 aromatic carbocycles. The van der Waals surface area contributed by atoms with Crippen LogP contribution in [0.5, 0.6) is 0 Å². The van der Waals surface area contributed by atoms with Crippen LogP contribution in [-0.4, -0.2) is 52.5 Å². The molecule has 28 heavy (non-hydrogen) atoms. The standard InChI is InChI=1S/C18H21N5O4S/c24-15-4-3-13(16(25)22-15)23-7-11-2-1-10(5-12(11)17(23)26)6-19-18(27)21-14-8-28-9-20-14/h1-2,5,13-14,20H,3-4,6-9H2,(H2,19,21,27)(H,22,24,25). The zero-order chi connectivity index (χ0) is 19.7. The minimum atomic E-state index is -0.623. The second-order valence-corrected chi connectivity index (χ2v) is 8.02. The van der Waals surface area contributed by atoms with Crippen molar-refractivity contribution >= 4 is 35.5 Å². The molecule has 2 atom stereocenters. The SMILES string of the molecule is O=C1CCC(N2Cc3ccc(CNC(=O)NC4CSCN4)cc3C2=O)C(=O)N1. The first kappa shape index (κ1) is 18.8. The summed E-state index contributed by atoms with van der Waals surface area (Å²) >= 11 is 1.72. The van der Waals surface area contributed by atoms with E-state index in [1.54, 1.807) is 17.8 Å². The molecule has 0 radical (unpaired) electrons. The van der Waals surface area contributed by atoms with E-state index in [0.717, 1.165) is 22.8 Å². The lowest BCUT2D eigenvalue weighted by molar-refractivity contribution is -0.136. The Morgan fingerprint density at radius 2 is 2.14 bits per heavy atom. The molecule has 148 valence electrons. The number of carbonyl (C=O) groups excluding carboxylic acids is 4. The lowest BCUT2D eigenvalue weighted by atomic mass is 10.0. The number of hydrogen-bond donors (Lipinski definition) is 4. The van der Waals surface area contributed by atoms with E-state index in [4.69, 9.17) is 0 Å². The minimum absolute atomic E-state index is 0.0336. The van der Waals surface area contributed by atoms with Gasteiger partial charge in [0.1, 0.15) is 6.04 Å². The van der Waals surface area contributed by atoms with Crippen LogP contribution in [-0.2, 0) is 22.7 Å². The molecular formula is C18H21N5O4S. The Balaban J connectivity index is 1.38. The average molecular weight is 403 g/mol. The quantitative estimate of drug-likeness (QED) is 0.520. The first-order valence-corrected chi connectivity index (χ1v) is 10.3. The highest BCUT2D eigenvalue weighted by atomic mass is 32.2. The Labute approximate surface area is 166 Å². The number of benzene rings is 1. The fourth-order valence-corrected chi connectivity index (χ4v) is 4.47. The van der Waals surface area contributed by atoms with Gasteiger partial charge in [0.05, 0.1) is 6.17 Å². The molecule has 0 saturated carbocycles. The van der Waals surface area contributed by atoms with Gasteiger partial charge in [-0.1, -0.05) is 12.1 Å². The van der Waals surface area contributed by atoms with Crippen LogP contribution in [0.25, 0.3) is 0 Å². The van der Waals surface area contributed by atoms with E-state index in [-0.39, 0.29) is 30.4 Å². The predicted molar refractivity (Wildman–Crippen MR) is 102 cm³/mol. The topological polar surface area (TPSA) is 120 Å². The summed E-state index contributed by atoms with van der Waals surface area (Å²) in [6.45, 7) is 0.643. The zero-order valence-corrected chi connectivity index (χ0v) is 15.9. The van der Waals surface area contributed by atoms with Crippen molar-refractivity contribution in [3.05, 3.63) is 34.9 Å². The molecule has 10 heteroatoms. The van der Waals surface area contributed by atoms with Gasteiger partial charge in [-0.25, -0.2) is 4.79 Å². The summed E-state index contributed by atoms with van der Waals surface area (Å²) in [5, 5.41) is 11.1. The van der Waals surface area contributed by atoms with E-state index in [0.29, 0.717) is 25.1 Å². The van der Waals surface area contributed by atoms with E-state index in [9.17, 15) is 19.2 Å². The van der Waals surface area contributed by atoms with Gasteiger partial charge >= 0.3 is 6.03 Å². The molecule has 3 aliphatic heterocycles. The minimum Gasteiger partial charge on any atom is -0.334 e. The van der Waals surface area contributed by atoms with E-state index in [1.807, 2.05) is 12.1 Å². The summed E-state index contributed by atoms with van der Waals surface area (Å²) in [4.78, 5) is 49.7. The maximum Gasteiger partial charge on any atom is 0.316 e. The molecule has 5 amide bonds. The van der Waals surface area contributed by atoms with Crippen molar-refractivity contribution in [1.82, 2.24) is 26.2 Å². The fourth-order valence-electron chi connectivity index (χ4n) is 3.59. The largest absolute Gasteiger partial charge is 0.334 e. The molecule has 3 heterocycles. The number of piperidine rings is 1. The predicted octanol–water partition coefficient (Wildman–Crippen LogP) is -0.133. The zero-order valence-electron chi connectivity index (χ0n) is 15.1. The molecule has 2 saturated heterocycles. The van der Waals surface area contributed by atoms with Crippen LogP contribution in [0.3, 0.4) is 0 Å². The number of nitrogens with zero attached hydrogens (tertiary/aromatic N) is 1. The van der Waals surface area contributed by atoms with Gasteiger partial charge in [0.15, 0.2) is 0 Å². The van der Waals surface area contributed by atoms with E-state index < -0.39 is 11.9 Å². The summed E-state index contributed by atoms with van der Waals surface area (Å²) in [6.07, 6.45) is 0.537. The Morgan fingerprint density at radius 1 is 1.29 bits per heavy atom. The Bertz CT molecular complexity index is 839. The second kappa shape index (κ2) is 7.80. The molecule has 0 spiro atoms. The van der Waals surface area contributed by atoms with Crippen molar-refractivity contribution in [2.45, 2.75) is 38.1 Å². The van der Waals surface area contributed by atoms with Crippen molar-refractivity contribution in [2.24, 2.45) is 0 Å². The molecule has 4 N–H and O–H groups in total. The monoisotopic (exact) mass is 403 g/mol. The number of rotatable bonds is 4. The van der Waals surface area contributed by atoms with Gasteiger partial charge in [0.2, 0.25) is 11.8 Å². The number of urea groups is 1. The molecular weight excluding hydrogens is 382 g/mol. The Morgan fingerprint density at radius 3 is 2.89 bits per heavy atom. The van der Waals surface area contributed by atoms with Crippen molar-refractivity contribution in [3.8, 4) is 0 Å². The van der Waals surface area contributed by atoms with Gasteiger partial charge < -0.3 is 15.5 Å². The van der Waals surface area contributed by atoms with E-state index >= 15 is 0 Å². The molecule has 0 aliphatic carbocycles. The van der Waals surface area contributed by atoms with Crippen LogP contribution in [0, 0.1) is 0 Å². The van der Waals surface area contributed by atoms with Gasteiger partial charge in [0, 0.05) is 36.7 Å². The van der Waals surface area contributed by atoms with Gasteiger partial charge in [-0.3, -0.25) is 25.0 Å². The molecule has 1 aromatic rings. The number of imide groups is 1. The van der Waals surface area contributed by atoms with Crippen LogP contribution in [0.15, 0.2) is 18.2 Å². The highest BCUT2D eigenvalue weighted by Gasteiger charge is 2.39. The van der Waals surface area contributed by atoms with E-state index in [1.165, 1.54) is 4.90 Å². The highest BCUT2D eigenvalue weighted by Crippen LogP contribution is 2.28. The van der Waals surface area contributed by atoms with Gasteiger partial charge in [-0.2, -0.15) is 0 Å². The lowest BCUT2D eigenvalue weighted by Gasteiger charge is -2.29. The number of fused-ring (bicyclic) bond motifs is 1. The first-order chi connectivity index (χ1) is 13.5. The molecule has 2 unspecified atom stereocenters. The maximum atomic E-state index is 12.8. The van der Waals surface area contributed by atoms with Crippen LogP contribution in [0.1, 0.15) is 34.3 Å². The van der Waals surface area contributed by atoms with Crippen LogP contribution >= 0.6 is 11.8 Å². The average Bonchev–Trinajstić information content (AvgIpc) is 3.28. The number of thioether (sulfide) groups is 1. The first-order valence-electron chi connectivity index (χ1n) is 9.13. The number of amides is 5. The lowest BCUT2D eigenvalue weighted by Crippen LogP contribution is -2.52. The van der Waals surface area contributed by atoms with Gasteiger partial charge in [-0.15, -0.1) is 11.8 Å². The van der Waals surface area contributed by atoms with Crippen LogP contribution in [0.4, 0.5) is 4.79 Å². The summed E-state index contributed by atoms with van der Waals surface area (Å²) in [5.41, 5.74) is 2.19. The molecule has 0 aromatic heterocycles. The van der Waals surface area contributed by atoms with Crippen molar-refractivity contribution in [2.75, 3.05) is 11.6 Å². The number of carbonyl (C=O) groups is 4. The third-order valence-electron chi connectivity index (χ3n) is 5.07. The molecule has 4 rings (SSSR count). The van der Waals surface area contributed by atoms with Gasteiger partial charge in [-0.05, 0) is 23.6 Å². The Kier molecular flexibility index (Phi) is 5.23. The molecule has 9 nitrogen and oxygen atoms in total. The maximum absolute atomic E-state index is 12.8. The van der Waals surface area contributed by atoms with Gasteiger partial charge in [0.25, 0.3) is 5.91 Å². The van der Waals surface area contributed by atoms with Crippen molar-refractivity contribution < 1.29 is 19.2 Å². The smallest absolute Gasteiger partial charge is 0.316 e. The highest BCUT2D eigenvalue weighted by molar-refractivity contribution is 7.99. The number of hydrogen-bond acceptors (Lipinski definition) is 6. The summed E-state index contributed by atoms with van der Waals surface area (Å²) < 4.78 is 0. The fraction of sp³-hybridized carbons (Fsp3) is 0.444. The number of nitrogens with one attached hydrogen (secondary N) is 4. The van der Waals surface area contributed by atoms with E-state index in [2.05, 4.69) is 21.3 Å². The second-order valence-electron chi connectivity index (χ2n) is 6.99. The summed E-state index contributed by atoms with van der Waals surface area (Å²) in [6, 6.07) is 4.58. The summed E-state index contributed by atoms with van der Waals surface area (Å²) in [5.74, 6) is 0.708. The normalized spacial score (nSPS) is 24.1. The van der Waals surface area contributed by atoms with Crippen LogP contribution in [0.2, 0.25) is 0 Å². The summed E-state index contributed by atoms with van der Waals surface area (Å²) in [7, 11) is 0. The third kappa shape index (κ3) is 3.83. The third-order valence-corrected chi connectivity index (χ3v) is 6.01. The molecule has 0 bridgehead atoms. The van der Waals surface area contributed by atoms with Crippen molar-refractivity contribution in [3.63, 3.8) is 0 Å².